The van der Waals surface area contributed by atoms with Crippen LogP contribution in [0.4, 0.5) is 0 Å². The molecule has 0 spiro atoms. The van der Waals surface area contributed by atoms with E-state index in [0.29, 0.717) is 0 Å². The molecule has 1 aromatic rings. The summed E-state index contributed by atoms with van der Waals surface area (Å²) in [4.78, 5) is 11.8. The van der Waals surface area contributed by atoms with Gasteiger partial charge >= 0.3 is 0 Å². The third kappa shape index (κ3) is 4.59. The summed E-state index contributed by atoms with van der Waals surface area (Å²) >= 11 is 0. The average molecular weight is 250 g/mol. The van der Waals surface area contributed by atoms with Gasteiger partial charge in [-0.05, 0) is 18.4 Å². The largest absolute Gasteiger partial charge is 0.603 e. The molecule has 0 amide bonds. The van der Waals surface area contributed by atoms with Crippen LogP contribution in [0.3, 0.4) is 0 Å². The summed E-state index contributed by atoms with van der Waals surface area (Å²) in [6.45, 7) is 0. The lowest BCUT2D eigenvalue weighted by Gasteiger charge is -2.18. The molecule has 2 rings (SSSR count). The Labute approximate surface area is 104 Å². The van der Waals surface area contributed by atoms with Gasteiger partial charge in [-0.3, -0.25) is 0 Å². The highest BCUT2D eigenvalue weighted by molar-refractivity contribution is 7.44. The summed E-state index contributed by atoms with van der Waals surface area (Å²) in [5.74, 6) is 1.79. The highest BCUT2D eigenvalue weighted by atomic mass is 31.1. The molecule has 0 aliphatic heterocycles. The Morgan fingerprint density at radius 3 is 2.59 bits per heavy atom. The Bertz CT molecular complexity index is 356. The van der Waals surface area contributed by atoms with Gasteiger partial charge in [0.2, 0.25) is 8.00 Å². The molecule has 0 radical (unpaired) electrons. The molecule has 1 aliphatic carbocycles. The van der Waals surface area contributed by atoms with Crippen LogP contribution in [0.1, 0.15) is 37.7 Å². The third-order valence-corrected chi connectivity index (χ3v) is 4.11. The van der Waals surface area contributed by atoms with Crippen molar-refractivity contribution < 1.29 is 9.42 Å². The quantitative estimate of drug-likeness (QED) is 0.769. The Morgan fingerprint density at radius 2 is 1.88 bits per heavy atom. The van der Waals surface area contributed by atoms with Crippen LogP contribution in [0, 0.1) is 0 Å². The molecule has 1 atom stereocenters. The molecule has 1 aliphatic rings. The summed E-state index contributed by atoms with van der Waals surface area (Å²) < 4.78 is 5.57. The molecule has 0 bridgehead atoms. The second kappa shape index (κ2) is 6.90. The van der Waals surface area contributed by atoms with E-state index in [4.69, 9.17) is 4.52 Å². The molecule has 1 aromatic carbocycles. The van der Waals surface area contributed by atoms with Crippen molar-refractivity contribution >= 4 is 13.8 Å². The van der Waals surface area contributed by atoms with E-state index < -0.39 is 8.00 Å². The predicted molar refractivity (Wildman–Crippen MR) is 71.1 cm³/mol. The normalized spacial score (nSPS) is 18.3. The lowest BCUT2D eigenvalue weighted by Crippen LogP contribution is -2.15. The standard InChI is InChI=1S/C14H19O2P/c15-17(16-14-9-5-2-6-10-14)12-11-13-7-3-1-4-8-13/h1,3-4,7-8,12,14H,2,5-6,9-11H2. The minimum Gasteiger partial charge on any atom is -0.603 e. The zero-order valence-electron chi connectivity index (χ0n) is 10.0. The van der Waals surface area contributed by atoms with Crippen molar-refractivity contribution in [3.63, 3.8) is 0 Å². The van der Waals surface area contributed by atoms with E-state index >= 15 is 0 Å². The first kappa shape index (κ1) is 12.8. The number of benzene rings is 1. The van der Waals surface area contributed by atoms with Crippen LogP contribution in [0.5, 0.6) is 0 Å². The van der Waals surface area contributed by atoms with Crippen LogP contribution >= 0.6 is 8.00 Å². The van der Waals surface area contributed by atoms with Crippen LogP contribution in [-0.2, 0) is 10.9 Å². The lowest BCUT2D eigenvalue weighted by molar-refractivity contribution is -0.176. The molecule has 17 heavy (non-hydrogen) atoms. The maximum atomic E-state index is 11.8. The molecule has 1 fully saturated rings. The molecule has 0 heterocycles. The highest BCUT2D eigenvalue weighted by Gasteiger charge is 2.17. The van der Waals surface area contributed by atoms with Crippen molar-refractivity contribution in [2.75, 3.05) is 0 Å². The molecule has 1 unspecified atom stereocenters. The second-order valence-electron chi connectivity index (χ2n) is 4.52. The van der Waals surface area contributed by atoms with E-state index in [0.717, 1.165) is 19.3 Å². The predicted octanol–water partition coefficient (Wildman–Crippen LogP) is 3.05. The minimum atomic E-state index is -1.60. The summed E-state index contributed by atoms with van der Waals surface area (Å²) in [5, 5.41) is 0. The first-order valence-electron chi connectivity index (χ1n) is 6.35. The smallest absolute Gasteiger partial charge is 0.217 e. The monoisotopic (exact) mass is 250 g/mol. The molecule has 3 heteroatoms. The zero-order valence-corrected chi connectivity index (χ0v) is 10.9. The first-order valence-corrected chi connectivity index (χ1v) is 7.59. The zero-order chi connectivity index (χ0) is 11.9. The Kier molecular flexibility index (Phi) is 5.18. The fraction of sp³-hybridized carbons (Fsp3) is 0.500. The van der Waals surface area contributed by atoms with Gasteiger partial charge in [-0.2, -0.15) is 4.52 Å². The summed E-state index contributed by atoms with van der Waals surface area (Å²) in [7, 11) is -1.60. The molecule has 0 aromatic heterocycles. The van der Waals surface area contributed by atoms with Gasteiger partial charge in [-0.1, -0.05) is 49.6 Å². The van der Waals surface area contributed by atoms with Crippen molar-refractivity contribution in [1.29, 1.82) is 0 Å². The van der Waals surface area contributed by atoms with Crippen LogP contribution in [-0.4, -0.2) is 11.9 Å². The van der Waals surface area contributed by atoms with Crippen LogP contribution in [0.2, 0.25) is 0 Å². The van der Waals surface area contributed by atoms with E-state index in [2.05, 4.69) is 0 Å². The Morgan fingerprint density at radius 1 is 1.18 bits per heavy atom. The fourth-order valence-electron chi connectivity index (χ4n) is 2.15. The maximum absolute atomic E-state index is 11.8. The third-order valence-electron chi connectivity index (χ3n) is 3.12. The highest BCUT2D eigenvalue weighted by Crippen LogP contribution is 2.27. The van der Waals surface area contributed by atoms with E-state index in [9.17, 15) is 4.89 Å². The molecule has 0 saturated heterocycles. The van der Waals surface area contributed by atoms with E-state index in [-0.39, 0.29) is 6.10 Å². The summed E-state index contributed by atoms with van der Waals surface area (Å²) in [5.41, 5.74) is 1.18. The first-order chi connectivity index (χ1) is 8.34. The minimum absolute atomic E-state index is 0.222. The van der Waals surface area contributed by atoms with Crippen LogP contribution < -0.4 is 4.89 Å². The van der Waals surface area contributed by atoms with Crippen molar-refractivity contribution in [2.45, 2.75) is 44.6 Å². The number of hydrogen-bond donors (Lipinski definition) is 0. The Hall–Kier alpha value is -0.690. The lowest BCUT2D eigenvalue weighted by atomic mass is 9.98. The van der Waals surface area contributed by atoms with Gasteiger partial charge in [0, 0.05) is 6.42 Å². The van der Waals surface area contributed by atoms with E-state index in [1.54, 1.807) is 5.80 Å². The van der Waals surface area contributed by atoms with Crippen LogP contribution in [0.15, 0.2) is 30.3 Å². The van der Waals surface area contributed by atoms with Gasteiger partial charge in [0.1, 0.15) is 11.9 Å². The summed E-state index contributed by atoms with van der Waals surface area (Å²) in [6, 6.07) is 10.1. The van der Waals surface area contributed by atoms with Gasteiger partial charge in [0.25, 0.3) is 0 Å². The molecule has 1 saturated carbocycles. The van der Waals surface area contributed by atoms with Gasteiger partial charge < -0.3 is 4.89 Å². The summed E-state index contributed by atoms with van der Waals surface area (Å²) in [6.07, 6.45) is 6.81. The van der Waals surface area contributed by atoms with Gasteiger partial charge in [0.15, 0.2) is 0 Å². The van der Waals surface area contributed by atoms with E-state index in [1.165, 1.54) is 24.8 Å². The van der Waals surface area contributed by atoms with Crippen molar-refractivity contribution in [1.82, 2.24) is 0 Å². The van der Waals surface area contributed by atoms with Crippen molar-refractivity contribution in [3.05, 3.63) is 35.9 Å². The molecular weight excluding hydrogens is 231 g/mol. The van der Waals surface area contributed by atoms with Crippen molar-refractivity contribution in [2.24, 2.45) is 0 Å². The van der Waals surface area contributed by atoms with Gasteiger partial charge in [0.05, 0.1) is 0 Å². The molecule has 0 N–H and O–H groups in total. The number of hydrogen-bond acceptors (Lipinski definition) is 2. The fourth-order valence-corrected chi connectivity index (χ4v) is 3.11. The second-order valence-corrected chi connectivity index (χ2v) is 5.67. The van der Waals surface area contributed by atoms with Crippen LogP contribution in [0.25, 0.3) is 0 Å². The molecular formula is C14H19O2P. The average Bonchev–Trinajstić information content (AvgIpc) is 2.39. The van der Waals surface area contributed by atoms with Gasteiger partial charge in [-0.15, -0.1) is 0 Å². The Balaban J connectivity index is 1.80. The topological polar surface area (TPSA) is 32.3 Å². The molecule has 2 nitrogen and oxygen atoms in total. The number of rotatable bonds is 4. The SMILES string of the molecule is [O-][P+](=CCc1ccccc1)OC1CCCCC1. The van der Waals surface area contributed by atoms with Gasteiger partial charge in [-0.25, -0.2) is 0 Å². The van der Waals surface area contributed by atoms with Crippen molar-refractivity contribution in [3.8, 4) is 0 Å². The maximum Gasteiger partial charge on any atom is 0.217 e. The van der Waals surface area contributed by atoms with E-state index in [1.807, 2.05) is 30.3 Å². The molecule has 92 valence electrons.